The van der Waals surface area contributed by atoms with Gasteiger partial charge in [0.25, 0.3) is 0 Å². The van der Waals surface area contributed by atoms with Crippen LogP contribution < -0.4 is 9.80 Å². The van der Waals surface area contributed by atoms with Crippen molar-refractivity contribution >= 4 is 23.4 Å². The molecular formula is C24H24ClF3N8. The van der Waals surface area contributed by atoms with E-state index in [1.807, 2.05) is 18.2 Å². The highest BCUT2D eigenvalue weighted by Crippen LogP contribution is 2.46. The molecule has 4 aliphatic rings. The molecule has 3 aromatic rings. The average Bonchev–Trinajstić information content (AvgIpc) is 3.06. The van der Waals surface area contributed by atoms with Crippen molar-refractivity contribution < 1.29 is 13.2 Å². The Labute approximate surface area is 210 Å². The van der Waals surface area contributed by atoms with Crippen molar-refractivity contribution in [3.8, 4) is 5.69 Å². The molecule has 7 rings (SSSR count). The zero-order valence-corrected chi connectivity index (χ0v) is 20.1. The van der Waals surface area contributed by atoms with Gasteiger partial charge in [0.1, 0.15) is 5.82 Å². The minimum absolute atomic E-state index is 0.122. The summed E-state index contributed by atoms with van der Waals surface area (Å²) in [4.78, 5) is 15.1. The lowest BCUT2D eigenvalue weighted by atomic mass is 9.73. The fourth-order valence-corrected chi connectivity index (χ4v) is 6.31. The molecule has 0 radical (unpaired) electrons. The molecule has 0 amide bonds. The van der Waals surface area contributed by atoms with E-state index in [1.165, 1.54) is 0 Å². The monoisotopic (exact) mass is 516 g/mol. The normalized spacial score (nSPS) is 24.9. The predicted octanol–water partition coefficient (Wildman–Crippen LogP) is 3.69. The molecule has 3 aliphatic heterocycles. The maximum absolute atomic E-state index is 13.1. The van der Waals surface area contributed by atoms with Crippen LogP contribution >= 0.6 is 11.6 Å². The first-order valence-corrected chi connectivity index (χ1v) is 12.5. The molecule has 5 heterocycles. The largest absolute Gasteiger partial charge is 0.391 e. The minimum atomic E-state index is -4.13. The van der Waals surface area contributed by atoms with E-state index < -0.39 is 12.1 Å². The number of hydrogen-bond donors (Lipinski definition) is 0. The number of alkyl halides is 3. The third-order valence-electron chi connectivity index (χ3n) is 8.07. The van der Waals surface area contributed by atoms with E-state index in [0.717, 1.165) is 55.0 Å². The van der Waals surface area contributed by atoms with Crippen LogP contribution in [0.3, 0.4) is 0 Å². The van der Waals surface area contributed by atoms with Gasteiger partial charge in [-0.3, -0.25) is 14.5 Å². The number of nitrogens with zero attached hydrogens (tertiary/aromatic N) is 8. The molecule has 0 N–H and O–H groups in total. The van der Waals surface area contributed by atoms with Crippen molar-refractivity contribution in [2.24, 2.45) is 11.3 Å². The Morgan fingerprint density at radius 1 is 0.972 bits per heavy atom. The zero-order valence-electron chi connectivity index (χ0n) is 19.4. The fourth-order valence-electron chi connectivity index (χ4n) is 6.11. The smallest absolute Gasteiger partial charge is 0.354 e. The van der Waals surface area contributed by atoms with Crippen molar-refractivity contribution in [3.05, 3.63) is 53.2 Å². The molecule has 1 saturated carbocycles. The summed E-state index contributed by atoms with van der Waals surface area (Å²) >= 11 is 6.33. The number of aromatic nitrogens is 5. The lowest BCUT2D eigenvalue weighted by Crippen LogP contribution is -2.73. The van der Waals surface area contributed by atoms with E-state index in [0.29, 0.717) is 18.1 Å². The summed E-state index contributed by atoms with van der Waals surface area (Å²) in [5, 5.41) is 9.65. The second kappa shape index (κ2) is 7.79. The Bertz CT molecular complexity index is 1290. The number of fused-ring (bicyclic) bond motifs is 3. The molecule has 12 heteroatoms. The van der Waals surface area contributed by atoms with Gasteiger partial charge in [-0.05, 0) is 36.6 Å². The number of anilines is 2. The molecule has 0 bridgehead atoms. The summed E-state index contributed by atoms with van der Waals surface area (Å²) < 4.78 is 41.5. The second-order valence-corrected chi connectivity index (χ2v) is 11.0. The first-order chi connectivity index (χ1) is 17.3. The topological polar surface area (TPSA) is 66.2 Å². The van der Waals surface area contributed by atoms with Crippen LogP contribution in [0.1, 0.15) is 24.2 Å². The summed E-state index contributed by atoms with van der Waals surface area (Å²) in [6.07, 6.45) is 1.28. The third-order valence-corrected chi connectivity index (χ3v) is 8.30. The minimum Gasteiger partial charge on any atom is -0.354 e. The highest BCUT2D eigenvalue weighted by atomic mass is 35.5. The number of halogens is 4. The average molecular weight is 517 g/mol. The van der Waals surface area contributed by atoms with Gasteiger partial charge in [0.2, 0.25) is 5.95 Å². The summed E-state index contributed by atoms with van der Waals surface area (Å²) in [7, 11) is 0. The van der Waals surface area contributed by atoms with Crippen LogP contribution in [0, 0.1) is 11.3 Å². The van der Waals surface area contributed by atoms with Crippen LogP contribution in [0.25, 0.3) is 5.69 Å². The maximum Gasteiger partial charge on any atom is 0.391 e. The summed E-state index contributed by atoms with van der Waals surface area (Å²) in [5.74, 6) is 1.20. The molecule has 0 atom stereocenters. The van der Waals surface area contributed by atoms with Gasteiger partial charge < -0.3 is 9.80 Å². The SMILES string of the molecule is FC(F)(F)C1CC(N2Cc3cc(Cl)ccc3-n3c(nnc3N3CC4(CN(c5cnccn5)C4)C3)C2)C1. The van der Waals surface area contributed by atoms with Gasteiger partial charge in [0.05, 0.1) is 24.3 Å². The summed E-state index contributed by atoms with van der Waals surface area (Å²) in [5.41, 5.74) is 2.12. The molecule has 0 unspecified atom stereocenters. The van der Waals surface area contributed by atoms with Crippen molar-refractivity contribution in [1.29, 1.82) is 0 Å². The van der Waals surface area contributed by atoms with Gasteiger partial charge in [0, 0.05) is 61.6 Å². The number of rotatable bonds is 3. The summed E-state index contributed by atoms with van der Waals surface area (Å²) in [6, 6.07) is 5.58. The first kappa shape index (κ1) is 22.3. The van der Waals surface area contributed by atoms with Crippen LogP contribution in [0.4, 0.5) is 24.9 Å². The first-order valence-electron chi connectivity index (χ1n) is 12.1. The molecule has 1 aliphatic carbocycles. The Balaban J connectivity index is 1.12. The molecule has 1 spiro atoms. The van der Waals surface area contributed by atoms with Crippen LogP contribution in [-0.2, 0) is 13.1 Å². The number of hydrogen-bond acceptors (Lipinski definition) is 7. The van der Waals surface area contributed by atoms with E-state index in [2.05, 4.69) is 39.4 Å². The molecule has 3 fully saturated rings. The molecule has 36 heavy (non-hydrogen) atoms. The van der Waals surface area contributed by atoms with Crippen molar-refractivity contribution in [2.45, 2.75) is 38.1 Å². The lowest BCUT2D eigenvalue weighted by molar-refractivity contribution is -0.207. The van der Waals surface area contributed by atoms with Gasteiger partial charge >= 0.3 is 6.18 Å². The van der Waals surface area contributed by atoms with Gasteiger partial charge in [-0.25, -0.2) is 4.98 Å². The maximum atomic E-state index is 13.1. The fraction of sp³-hybridized carbons (Fsp3) is 0.500. The molecular weight excluding hydrogens is 493 g/mol. The Morgan fingerprint density at radius 3 is 2.47 bits per heavy atom. The van der Waals surface area contributed by atoms with Crippen LogP contribution in [0.15, 0.2) is 36.8 Å². The van der Waals surface area contributed by atoms with E-state index in [-0.39, 0.29) is 24.3 Å². The summed E-state index contributed by atoms with van der Waals surface area (Å²) in [6.45, 7) is 4.56. The van der Waals surface area contributed by atoms with Crippen molar-refractivity contribution in [3.63, 3.8) is 0 Å². The van der Waals surface area contributed by atoms with Gasteiger partial charge in [-0.15, -0.1) is 10.2 Å². The Kier molecular flexibility index (Phi) is 4.82. The Hall–Kier alpha value is -2.92. The predicted molar refractivity (Wildman–Crippen MR) is 127 cm³/mol. The van der Waals surface area contributed by atoms with Crippen molar-refractivity contribution in [2.75, 3.05) is 36.0 Å². The highest BCUT2D eigenvalue weighted by molar-refractivity contribution is 6.30. The van der Waals surface area contributed by atoms with E-state index in [1.54, 1.807) is 18.6 Å². The molecule has 2 aromatic heterocycles. The van der Waals surface area contributed by atoms with Gasteiger partial charge in [0.15, 0.2) is 5.82 Å². The zero-order chi connectivity index (χ0) is 24.7. The van der Waals surface area contributed by atoms with Crippen molar-refractivity contribution in [1.82, 2.24) is 29.6 Å². The standard InChI is InChI=1S/C24H24ClF3N8/c25-17-1-2-19-15(5-17)9-33(18-6-16(7-18)24(26,27)28)10-21-31-32-22(36(19)21)35-13-23(14-35)11-34(12-23)20-8-29-3-4-30-20/h1-5,8,16,18H,6-7,9-14H2. The molecule has 8 nitrogen and oxygen atoms in total. The van der Waals surface area contributed by atoms with Gasteiger partial charge in [-0.1, -0.05) is 11.6 Å². The lowest BCUT2D eigenvalue weighted by Gasteiger charge is -2.60. The number of benzene rings is 1. The van der Waals surface area contributed by atoms with E-state index in [9.17, 15) is 13.2 Å². The van der Waals surface area contributed by atoms with E-state index >= 15 is 0 Å². The highest BCUT2D eigenvalue weighted by Gasteiger charge is 2.54. The van der Waals surface area contributed by atoms with Gasteiger partial charge in [-0.2, -0.15) is 13.2 Å². The second-order valence-electron chi connectivity index (χ2n) is 10.6. The van der Waals surface area contributed by atoms with Crippen LogP contribution in [0.2, 0.25) is 5.02 Å². The van der Waals surface area contributed by atoms with Crippen LogP contribution in [-0.4, -0.2) is 68.0 Å². The molecule has 188 valence electrons. The van der Waals surface area contributed by atoms with E-state index in [4.69, 9.17) is 11.6 Å². The Morgan fingerprint density at radius 2 is 1.75 bits per heavy atom. The third kappa shape index (κ3) is 3.54. The molecule has 1 aromatic carbocycles. The van der Waals surface area contributed by atoms with Crippen LogP contribution in [0.5, 0.6) is 0 Å². The quantitative estimate of drug-likeness (QED) is 0.526. The molecule has 2 saturated heterocycles.